The van der Waals surface area contributed by atoms with Crippen molar-refractivity contribution in [3.05, 3.63) is 54.1 Å². The first-order valence-corrected chi connectivity index (χ1v) is 6.52. The maximum atomic E-state index is 5.95. The number of alkyl halides is 1. The maximum absolute atomic E-state index is 5.95. The number of nitrogens with zero attached hydrogens (tertiary/aromatic N) is 3. The van der Waals surface area contributed by atoms with Crippen molar-refractivity contribution in [3.8, 4) is 0 Å². The fourth-order valence-electron chi connectivity index (χ4n) is 1.89. The molecule has 0 radical (unpaired) electrons. The normalized spacial score (nSPS) is 10.3. The molecule has 0 spiro atoms. The summed E-state index contributed by atoms with van der Waals surface area (Å²) in [5, 5.41) is 0. The van der Waals surface area contributed by atoms with Gasteiger partial charge in [0, 0.05) is 36.4 Å². The molecule has 0 saturated carbocycles. The van der Waals surface area contributed by atoms with E-state index in [0.717, 1.165) is 30.0 Å². The molecule has 4 heteroatoms. The molecule has 0 unspecified atom stereocenters. The highest BCUT2D eigenvalue weighted by molar-refractivity contribution is 6.17. The first-order valence-electron chi connectivity index (χ1n) is 5.99. The zero-order valence-electron chi connectivity index (χ0n) is 10.4. The van der Waals surface area contributed by atoms with E-state index in [1.165, 1.54) is 0 Å². The van der Waals surface area contributed by atoms with Crippen molar-refractivity contribution in [2.24, 2.45) is 0 Å². The lowest BCUT2D eigenvalue weighted by Crippen LogP contribution is -2.23. The minimum Gasteiger partial charge on any atom is -0.366 e. The summed E-state index contributed by atoms with van der Waals surface area (Å²) in [7, 11) is 0. The smallest absolute Gasteiger partial charge is 0.0602 e. The van der Waals surface area contributed by atoms with E-state index in [-0.39, 0.29) is 0 Å². The lowest BCUT2D eigenvalue weighted by atomic mass is 10.2. The molecule has 0 bridgehead atoms. The average molecular weight is 262 g/mol. The van der Waals surface area contributed by atoms with Crippen LogP contribution >= 0.6 is 11.6 Å². The van der Waals surface area contributed by atoms with Crippen molar-refractivity contribution in [1.29, 1.82) is 0 Å². The highest BCUT2D eigenvalue weighted by atomic mass is 35.5. The molecule has 2 aromatic rings. The lowest BCUT2D eigenvalue weighted by molar-refractivity contribution is 0.804. The Hall–Kier alpha value is -1.61. The molecule has 0 fully saturated rings. The van der Waals surface area contributed by atoms with Gasteiger partial charge in [0.1, 0.15) is 0 Å². The fraction of sp³-hybridized carbons (Fsp3) is 0.286. The number of rotatable bonds is 5. The Bertz CT molecular complexity index is 487. The Balaban J connectivity index is 2.23. The van der Waals surface area contributed by atoms with E-state index in [9.17, 15) is 0 Å². The van der Waals surface area contributed by atoms with E-state index in [4.69, 9.17) is 11.6 Å². The number of pyridine rings is 2. The van der Waals surface area contributed by atoms with Crippen LogP contribution in [0.1, 0.15) is 18.2 Å². The number of hydrogen-bond donors (Lipinski definition) is 0. The predicted molar refractivity (Wildman–Crippen MR) is 74.8 cm³/mol. The molecule has 0 aliphatic rings. The van der Waals surface area contributed by atoms with Gasteiger partial charge in [-0.05, 0) is 25.1 Å². The van der Waals surface area contributed by atoms with Gasteiger partial charge in [-0.1, -0.05) is 6.07 Å². The highest BCUT2D eigenvalue weighted by Gasteiger charge is 2.10. The summed E-state index contributed by atoms with van der Waals surface area (Å²) in [6.07, 6.45) is 5.44. The maximum Gasteiger partial charge on any atom is 0.0602 e. The zero-order valence-corrected chi connectivity index (χ0v) is 11.1. The van der Waals surface area contributed by atoms with Crippen molar-refractivity contribution >= 4 is 17.3 Å². The summed E-state index contributed by atoms with van der Waals surface area (Å²) in [5.41, 5.74) is 3.24. The van der Waals surface area contributed by atoms with E-state index in [1.54, 1.807) is 6.20 Å². The Morgan fingerprint density at radius 3 is 2.78 bits per heavy atom. The van der Waals surface area contributed by atoms with Gasteiger partial charge in [0.15, 0.2) is 0 Å². The molecule has 2 aromatic heterocycles. The van der Waals surface area contributed by atoms with E-state index in [2.05, 4.69) is 21.8 Å². The first-order chi connectivity index (χ1) is 8.85. The van der Waals surface area contributed by atoms with Gasteiger partial charge >= 0.3 is 0 Å². The van der Waals surface area contributed by atoms with Gasteiger partial charge in [-0.25, -0.2) is 0 Å². The monoisotopic (exact) mass is 261 g/mol. The van der Waals surface area contributed by atoms with Gasteiger partial charge in [-0.2, -0.15) is 0 Å². The van der Waals surface area contributed by atoms with Crippen LogP contribution in [0.5, 0.6) is 0 Å². The van der Waals surface area contributed by atoms with Gasteiger partial charge in [-0.3, -0.25) is 9.97 Å². The van der Waals surface area contributed by atoms with Crippen LogP contribution in [0.4, 0.5) is 5.69 Å². The fourth-order valence-corrected chi connectivity index (χ4v) is 2.09. The molecule has 0 aromatic carbocycles. The Labute approximate surface area is 112 Å². The largest absolute Gasteiger partial charge is 0.366 e. The van der Waals surface area contributed by atoms with Crippen LogP contribution in [-0.2, 0) is 12.4 Å². The van der Waals surface area contributed by atoms with Crippen molar-refractivity contribution in [3.63, 3.8) is 0 Å². The molecule has 0 aliphatic heterocycles. The number of hydrogen-bond acceptors (Lipinski definition) is 3. The molecule has 0 amide bonds. The second kappa shape index (κ2) is 6.36. The summed E-state index contributed by atoms with van der Waals surface area (Å²) >= 11 is 5.95. The van der Waals surface area contributed by atoms with Crippen LogP contribution in [-0.4, -0.2) is 16.5 Å². The second-order valence-electron chi connectivity index (χ2n) is 3.97. The van der Waals surface area contributed by atoms with Crippen molar-refractivity contribution < 1.29 is 0 Å². The first kappa shape index (κ1) is 12.8. The Morgan fingerprint density at radius 1 is 1.22 bits per heavy atom. The van der Waals surface area contributed by atoms with E-state index in [0.29, 0.717) is 5.88 Å². The SMILES string of the molecule is CCN(Cc1ccccn1)c1ccncc1CCl. The Kier molecular flexibility index (Phi) is 4.53. The van der Waals surface area contributed by atoms with Crippen molar-refractivity contribution in [1.82, 2.24) is 9.97 Å². The summed E-state index contributed by atoms with van der Waals surface area (Å²) in [6, 6.07) is 7.97. The topological polar surface area (TPSA) is 29.0 Å². The highest BCUT2D eigenvalue weighted by Crippen LogP contribution is 2.22. The number of halogens is 1. The minimum absolute atomic E-state index is 0.474. The molecular weight excluding hydrogens is 246 g/mol. The standard InChI is InChI=1S/C14H16ClN3/c1-2-18(11-13-5-3-4-7-17-13)14-6-8-16-10-12(14)9-15/h3-8,10H,2,9,11H2,1H3. The molecule has 2 rings (SSSR count). The van der Waals surface area contributed by atoms with Gasteiger partial charge in [-0.15, -0.1) is 11.6 Å². The third kappa shape index (κ3) is 2.99. The molecule has 0 N–H and O–H groups in total. The van der Waals surface area contributed by atoms with E-state index >= 15 is 0 Å². The van der Waals surface area contributed by atoms with Gasteiger partial charge in [0.25, 0.3) is 0 Å². The molecule has 94 valence electrons. The minimum atomic E-state index is 0.474. The molecular formula is C14H16ClN3. The zero-order chi connectivity index (χ0) is 12.8. The summed E-state index contributed by atoms with van der Waals surface area (Å²) < 4.78 is 0. The van der Waals surface area contributed by atoms with Crippen molar-refractivity contribution in [2.45, 2.75) is 19.3 Å². The summed E-state index contributed by atoms with van der Waals surface area (Å²) in [4.78, 5) is 10.7. The van der Waals surface area contributed by atoms with Crippen LogP contribution in [0, 0.1) is 0 Å². The number of aromatic nitrogens is 2. The van der Waals surface area contributed by atoms with Crippen LogP contribution in [0.25, 0.3) is 0 Å². The molecule has 0 atom stereocenters. The summed E-state index contributed by atoms with van der Waals surface area (Å²) in [6.45, 7) is 3.82. The average Bonchev–Trinajstić information content (AvgIpc) is 2.46. The predicted octanol–water partition coefficient (Wildman–Crippen LogP) is 3.24. The van der Waals surface area contributed by atoms with Crippen molar-refractivity contribution in [2.75, 3.05) is 11.4 Å². The van der Waals surface area contributed by atoms with Crippen LogP contribution in [0.3, 0.4) is 0 Å². The van der Waals surface area contributed by atoms with Gasteiger partial charge < -0.3 is 4.90 Å². The van der Waals surface area contributed by atoms with E-state index in [1.807, 2.05) is 36.7 Å². The van der Waals surface area contributed by atoms with Gasteiger partial charge in [0.05, 0.1) is 18.1 Å². The lowest BCUT2D eigenvalue weighted by Gasteiger charge is -2.24. The second-order valence-corrected chi connectivity index (χ2v) is 4.24. The van der Waals surface area contributed by atoms with E-state index < -0.39 is 0 Å². The summed E-state index contributed by atoms with van der Waals surface area (Å²) in [5.74, 6) is 0.474. The third-order valence-electron chi connectivity index (χ3n) is 2.82. The Morgan fingerprint density at radius 2 is 2.11 bits per heavy atom. The van der Waals surface area contributed by atoms with Crippen LogP contribution in [0.15, 0.2) is 42.9 Å². The molecule has 2 heterocycles. The number of anilines is 1. The third-order valence-corrected chi connectivity index (χ3v) is 3.11. The molecule has 0 aliphatic carbocycles. The van der Waals surface area contributed by atoms with Crippen LogP contribution in [0.2, 0.25) is 0 Å². The van der Waals surface area contributed by atoms with Crippen LogP contribution < -0.4 is 4.90 Å². The van der Waals surface area contributed by atoms with Gasteiger partial charge in [0.2, 0.25) is 0 Å². The molecule has 18 heavy (non-hydrogen) atoms. The molecule has 0 saturated heterocycles. The quantitative estimate of drug-likeness (QED) is 0.774. The molecule has 3 nitrogen and oxygen atoms in total.